The highest BCUT2D eigenvalue weighted by atomic mass is 35.5. The Hall–Kier alpha value is -1.53. The fourth-order valence-electron chi connectivity index (χ4n) is 1.59. The second kappa shape index (κ2) is 6.76. The first-order valence-corrected chi connectivity index (χ1v) is 7.40. The van der Waals surface area contributed by atoms with Crippen LogP contribution in [0.25, 0.3) is 0 Å². The Morgan fingerprint density at radius 3 is 2.50 bits per heavy atom. The minimum Gasteiger partial charge on any atom is -0.606 e. The van der Waals surface area contributed by atoms with Crippen LogP contribution in [-0.2, 0) is 16.0 Å². The number of anilines is 1. The molecule has 6 heteroatoms. The van der Waals surface area contributed by atoms with Crippen molar-refractivity contribution in [3.63, 3.8) is 0 Å². The molecule has 0 radical (unpaired) electrons. The van der Waals surface area contributed by atoms with Crippen LogP contribution in [0.4, 0.5) is 5.69 Å². The van der Waals surface area contributed by atoms with Crippen LogP contribution in [0.1, 0.15) is 0 Å². The van der Waals surface area contributed by atoms with Crippen LogP contribution in [0.3, 0.4) is 0 Å². The monoisotopic (exact) mass is 308 g/mol. The van der Waals surface area contributed by atoms with Gasteiger partial charge in [0.15, 0.2) is 9.79 Å². The van der Waals surface area contributed by atoms with Crippen LogP contribution in [0.2, 0.25) is 5.02 Å². The fourth-order valence-corrected chi connectivity index (χ4v) is 2.94. The van der Waals surface area contributed by atoms with E-state index in [2.05, 4.69) is 5.32 Å². The zero-order valence-electron chi connectivity index (χ0n) is 10.5. The van der Waals surface area contributed by atoms with Gasteiger partial charge in [-0.2, -0.15) is 0 Å². The van der Waals surface area contributed by atoms with Crippen molar-refractivity contribution in [1.82, 2.24) is 0 Å². The molecular weight excluding hydrogens is 296 g/mol. The van der Waals surface area contributed by atoms with E-state index >= 15 is 0 Å². The van der Waals surface area contributed by atoms with Gasteiger partial charge in [0.1, 0.15) is 0 Å². The van der Waals surface area contributed by atoms with E-state index < -0.39 is 11.2 Å². The van der Waals surface area contributed by atoms with Gasteiger partial charge < -0.3 is 15.6 Å². The standard InChI is InChI=1S/C14H13ClN2O2S/c15-10-2-1-3-13(8-10)20(19)12-6-4-11(5-7-12)17-14(18)9-16/h1-8H,9,16H2,(H,17,18). The van der Waals surface area contributed by atoms with E-state index in [0.29, 0.717) is 20.5 Å². The smallest absolute Gasteiger partial charge is 0.238 e. The van der Waals surface area contributed by atoms with Crippen molar-refractivity contribution >= 4 is 34.4 Å². The maximum atomic E-state index is 12.3. The SMILES string of the molecule is NCC(=O)Nc1ccc([S+]([O-])c2cccc(Cl)c2)cc1. The van der Waals surface area contributed by atoms with Gasteiger partial charge in [-0.25, -0.2) is 0 Å². The van der Waals surface area contributed by atoms with E-state index in [-0.39, 0.29) is 12.5 Å². The quantitative estimate of drug-likeness (QED) is 0.851. The summed E-state index contributed by atoms with van der Waals surface area (Å²) in [4.78, 5) is 12.4. The van der Waals surface area contributed by atoms with Crippen molar-refractivity contribution < 1.29 is 9.35 Å². The molecule has 3 N–H and O–H groups in total. The molecule has 0 aromatic heterocycles. The van der Waals surface area contributed by atoms with Crippen molar-refractivity contribution in [1.29, 1.82) is 0 Å². The molecule has 0 aliphatic rings. The van der Waals surface area contributed by atoms with Gasteiger partial charge in [-0.3, -0.25) is 4.79 Å². The topological polar surface area (TPSA) is 78.2 Å². The number of benzene rings is 2. The van der Waals surface area contributed by atoms with E-state index in [1.54, 1.807) is 48.5 Å². The summed E-state index contributed by atoms with van der Waals surface area (Å²) in [6.07, 6.45) is 0. The number of rotatable bonds is 4. The first-order valence-electron chi connectivity index (χ1n) is 5.87. The van der Waals surface area contributed by atoms with Crippen molar-refractivity contribution in [2.45, 2.75) is 9.79 Å². The Kier molecular flexibility index (Phi) is 5.03. The average molecular weight is 309 g/mol. The maximum Gasteiger partial charge on any atom is 0.238 e. The lowest BCUT2D eigenvalue weighted by Gasteiger charge is -2.10. The minimum absolute atomic E-state index is 0.0732. The Morgan fingerprint density at radius 1 is 1.20 bits per heavy atom. The Labute approximate surface area is 125 Å². The van der Waals surface area contributed by atoms with Crippen LogP contribution in [0.5, 0.6) is 0 Å². The molecule has 4 nitrogen and oxygen atoms in total. The van der Waals surface area contributed by atoms with Crippen LogP contribution in [-0.4, -0.2) is 17.0 Å². The fraction of sp³-hybridized carbons (Fsp3) is 0.0714. The molecule has 0 aliphatic carbocycles. The molecule has 1 atom stereocenters. The third-order valence-corrected chi connectivity index (χ3v) is 4.17. The summed E-state index contributed by atoms with van der Waals surface area (Å²) in [6, 6.07) is 13.7. The molecule has 2 aromatic carbocycles. The van der Waals surface area contributed by atoms with Crippen LogP contribution in [0.15, 0.2) is 58.3 Å². The Balaban J connectivity index is 2.15. The van der Waals surface area contributed by atoms with Gasteiger partial charge in [-0.15, -0.1) is 0 Å². The van der Waals surface area contributed by atoms with Crippen molar-refractivity contribution in [2.24, 2.45) is 5.73 Å². The lowest BCUT2D eigenvalue weighted by atomic mass is 10.3. The van der Waals surface area contributed by atoms with Gasteiger partial charge in [0, 0.05) is 28.0 Å². The third kappa shape index (κ3) is 3.74. The highest BCUT2D eigenvalue weighted by Gasteiger charge is 2.15. The predicted molar refractivity (Wildman–Crippen MR) is 80.3 cm³/mol. The zero-order valence-corrected chi connectivity index (χ0v) is 12.1. The first-order chi connectivity index (χ1) is 9.60. The highest BCUT2D eigenvalue weighted by Crippen LogP contribution is 2.24. The molecule has 0 saturated heterocycles. The van der Waals surface area contributed by atoms with Gasteiger partial charge in [-0.1, -0.05) is 17.7 Å². The van der Waals surface area contributed by atoms with Crippen molar-refractivity contribution in [3.05, 3.63) is 53.6 Å². The highest BCUT2D eigenvalue weighted by molar-refractivity contribution is 7.91. The molecule has 0 fully saturated rings. The number of nitrogens with one attached hydrogen (secondary N) is 1. The number of halogens is 1. The largest absolute Gasteiger partial charge is 0.606 e. The summed E-state index contributed by atoms with van der Waals surface area (Å²) < 4.78 is 12.3. The molecule has 104 valence electrons. The lowest BCUT2D eigenvalue weighted by Crippen LogP contribution is -2.21. The molecule has 2 aromatic rings. The maximum absolute atomic E-state index is 12.3. The van der Waals surface area contributed by atoms with E-state index in [1.807, 2.05) is 0 Å². The molecule has 0 heterocycles. The van der Waals surface area contributed by atoms with Gasteiger partial charge in [-0.05, 0) is 36.4 Å². The van der Waals surface area contributed by atoms with Crippen LogP contribution < -0.4 is 11.1 Å². The Morgan fingerprint density at radius 2 is 1.90 bits per heavy atom. The molecule has 2 rings (SSSR count). The van der Waals surface area contributed by atoms with Gasteiger partial charge in [0.25, 0.3) is 0 Å². The van der Waals surface area contributed by atoms with Gasteiger partial charge in [0.2, 0.25) is 5.91 Å². The number of hydrogen-bond acceptors (Lipinski definition) is 3. The summed E-state index contributed by atoms with van der Waals surface area (Å²) >= 11 is 4.58. The predicted octanol–water partition coefficient (Wildman–Crippen LogP) is 2.40. The number of carbonyl (C=O) groups is 1. The number of carbonyl (C=O) groups excluding carboxylic acids is 1. The van der Waals surface area contributed by atoms with Gasteiger partial charge >= 0.3 is 0 Å². The number of nitrogens with two attached hydrogens (primary N) is 1. The molecule has 1 unspecified atom stereocenters. The second-order valence-corrected chi connectivity index (χ2v) is 5.92. The van der Waals surface area contributed by atoms with Crippen LogP contribution >= 0.6 is 11.6 Å². The summed E-state index contributed by atoms with van der Waals surface area (Å²) in [7, 11) is 0. The summed E-state index contributed by atoms with van der Waals surface area (Å²) in [5.74, 6) is -0.270. The Bertz CT molecular complexity index is 604. The minimum atomic E-state index is -1.30. The van der Waals surface area contributed by atoms with E-state index in [9.17, 15) is 9.35 Å². The second-order valence-electron chi connectivity index (χ2n) is 4.00. The molecule has 0 spiro atoms. The van der Waals surface area contributed by atoms with Crippen molar-refractivity contribution in [3.8, 4) is 0 Å². The van der Waals surface area contributed by atoms with E-state index in [4.69, 9.17) is 17.3 Å². The number of amides is 1. The zero-order chi connectivity index (χ0) is 14.5. The van der Waals surface area contributed by atoms with Crippen molar-refractivity contribution in [2.75, 3.05) is 11.9 Å². The molecule has 0 aliphatic heterocycles. The molecular formula is C14H13ClN2O2S. The van der Waals surface area contributed by atoms with Gasteiger partial charge in [0.05, 0.1) is 6.54 Å². The molecule has 0 bridgehead atoms. The normalized spacial score (nSPS) is 11.9. The third-order valence-electron chi connectivity index (χ3n) is 2.55. The van der Waals surface area contributed by atoms with E-state index in [0.717, 1.165) is 0 Å². The molecule has 1 amide bonds. The summed E-state index contributed by atoms with van der Waals surface area (Å²) in [5.41, 5.74) is 5.83. The molecule has 20 heavy (non-hydrogen) atoms. The summed E-state index contributed by atoms with van der Waals surface area (Å²) in [6.45, 7) is -0.0732. The average Bonchev–Trinajstić information content (AvgIpc) is 2.47. The lowest BCUT2D eigenvalue weighted by molar-refractivity contribution is -0.114. The van der Waals surface area contributed by atoms with Crippen LogP contribution in [0, 0.1) is 0 Å². The van der Waals surface area contributed by atoms with E-state index in [1.165, 1.54) is 0 Å². The molecule has 0 saturated carbocycles. The number of hydrogen-bond donors (Lipinski definition) is 2. The first kappa shape index (κ1) is 14.9. The summed E-state index contributed by atoms with van der Waals surface area (Å²) in [5, 5.41) is 3.17.